The monoisotopic (exact) mass is 210 g/mol. The second-order valence-electron chi connectivity index (χ2n) is 4.44. The molecule has 1 N–H and O–H groups in total. The van der Waals surface area contributed by atoms with Gasteiger partial charge in [-0.1, -0.05) is 18.9 Å². The van der Waals surface area contributed by atoms with E-state index in [1.54, 1.807) is 6.08 Å². The predicted octanol–water partition coefficient (Wildman–Crippen LogP) is 2.41. The van der Waals surface area contributed by atoms with Crippen LogP contribution < -0.4 is 0 Å². The zero-order chi connectivity index (χ0) is 11.5. The first-order chi connectivity index (χ1) is 7.03. The SMILES string of the molecule is C=CCC1(C(C(C)=O)C(=O)O)CCCC1. The molecule has 1 aliphatic rings. The summed E-state index contributed by atoms with van der Waals surface area (Å²) in [5.41, 5.74) is -0.362. The highest BCUT2D eigenvalue weighted by atomic mass is 16.4. The molecule has 0 aromatic carbocycles. The van der Waals surface area contributed by atoms with Crippen molar-refractivity contribution in [3.8, 4) is 0 Å². The van der Waals surface area contributed by atoms with E-state index in [1.807, 2.05) is 0 Å². The van der Waals surface area contributed by atoms with Crippen molar-refractivity contribution in [2.45, 2.75) is 39.0 Å². The molecule has 0 bridgehead atoms. The first-order valence-corrected chi connectivity index (χ1v) is 5.38. The molecule has 0 spiro atoms. The van der Waals surface area contributed by atoms with Gasteiger partial charge in [-0.2, -0.15) is 0 Å². The maximum Gasteiger partial charge on any atom is 0.314 e. The fourth-order valence-electron chi connectivity index (χ4n) is 2.84. The first kappa shape index (κ1) is 12.0. The molecule has 15 heavy (non-hydrogen) atoms. The van der Waals surface area contributed by atoms with E-state index < -0.39 is 11.9 Å². The number of hydrogen-bond acceptors (Lipinski definition) is 2. The first-order valence-electron chi connectivity index (χ1n) is 5.38. The topological polar surface area (TPSA) is 54.4 Å². The zero-order valence-corrected chi connectivity index (χ0v) is 9.16. The van der Waals surface area contributed by atoms with Crippen molar-refractivity contribution in [3.05, 3.63) is 12.7 Å². The van der Waals surface area contributed by atoms with Gasteiger partial charge in [0.15, 0.2) is 0 Å². The van der Waals surface area contributed by atoms with Crippen LogP contribution in [0.25, 0.3) is 0 Å². The molecular formula is C12H18O3. The highest BCUT2D eigenvalue weighted by Gasteiger charge is 2.46. The quantitative estimate of drug-likeness (QED) is 0.560. The second kappa shape index (κ2) is 4.60. The predicted molar refractivity (Wildman–Crippen MR) is 57.5 cm³/mol. The van der Waals surface area contributed by atoms with Gasteiger partial charge < -0.3 is 5.11 Å². The number of carbonyl (C=O) groups excluding carboxylic acids is 1. The number of allylic oxidation sites excluding steroid dienone is 1. The summed E-state index contributed by atoms with van der Waals surface area (Å²) in [6, 6.07) is 0. The Balaban J connectivity index is 2.99. The van der Waals surface area contributed by atoms with Gasteiger partial charge in [0, 0.05) is 0 Å². The van der Waals surface area contributed by atoms with E-state index in [2.05, 4.69) is 6.58 Å². The molecule has 0 saturated heterocycles. The fourth-order valence-corrected chi connectivity index (χ4v) is 2.84. The molecule has 1 rings (SSSR count). The maximum atomic E-state index is 11.4. The molecule has 1 saturated carbocycles. The van der Waals surface area contributed by atoms with Gasteiger partial charge in [-0.25, -0.2) is 0 Å². The van der Waals surface area contributed by atoms with Gasteiger partial charge in [-0.05, 0) is 31.6 Å². The molecule has 1 atom stereocenters. The van der Waals surface area contributed by atoms with Gasteiger partial charge >= 0.3 is 5.97 Å². The number of Topliss-reactive ketones (excluding diaryl/α,β-unsaturated/α-hetero) is 1. The molecular weight excluding hydrogens is 192 g/mol. The molecule has 0 aromatic heterocycles. The Hall–Kier alpha value is -1.12. The summed E-state index contributed by atoms with van der Waals surface area (Å²) in [7, 11) is 0. The van der Waals surface area contributed by atoms with Crippen molar-refractivity contribution >= 4 is 11.8 Å². The summed E-state index contributed by atoms with van der Waals surface area (Å²) < 4.78 is 0. The minimum atomic E-state index is -0.980. The van der Waals surface area contributed by atoms with Crippen molar-refractivity contribution in [1.29, 1.82) is 0 Å². The Kier molecular flexibility index (Phi) is 3.66. The smallest absolute Gasteiger partial charge is 0.314 e. The van der Waals surface area contributed by atoms with E-state index in [-0.39, 0.29) is 11.2 Å². The van der Waals surface area contributed by atoms with E-state index in [0.29, 0.717) is 6.42 Å². The number of carboxylic acid groups (broad SMARTS) is 1. The van der Waals surface area contributed by atoms with Crippen molar-refractivity contribution in [2.24, 2.45) is 11.3 Å². The van der Waals surface area contributed by atoms with Crippen LogP contribution in [-0.2, 0) is 9.59 Å². The molecule has 3 heteroatoms. The third kappa shape index (κ3) is 2.28. The Bertz CT molecular complexity index is 261. The van der Waals surface area contributed by atoms with E-state index in [4.69, 9.17) is 5.11 Å². The molecule has 1 fully saturated rings. The minimum absolute atomic E-state index is 0.230. The molecule has 0 heterocycles. The minimum Gasteiger partial charge on any atom is -0.481 e. The highest BCUT2D eigenvalue weighted by molar-refractivity contribution is 5.97. The van der Waals surface area contributed by atoms with Gasteiger partial charge in [-0.15, -0.1) is 6.58 Å². The second-order valence-corrected chi connectivity index (χ2v) is 4.44. The molecule has 0 radical (unpaired) electrons. The summed E-state index contributed by atoms with van der Waals surface area (Å²) in [5, 5.41) is 9.14. The summed E-state index contributed by atoms with van der Waals surface area (Å²) in [6.07, 6.45) is 6.06. The number of aliphatic carboxylic acids is 1. The lowest BCUT2D eigenvalue weighted by atomic mass is 9.70. The number of ketones is 1. The Morgan fingerprint density at radius 3 is 2.33 bits per heavy atom. The largest absolute Gasteiger partial charge is 0.481 e. The molecule has 1 unspecified atom stereocenters. The summed E-state index contributed by atoms with van der Waals surface area (Å²) >= 11 is 0. The summed E-state index contributed by atoms with van der Waals surface area (Å²) in [5.74, 6) is -2.06. The molecule has 0 aliphatic heterocycles. The lowest BCUT2D eigenvalue weighted by Gasteiger charge is -2.32. The Labute approximate surface area is 90.2 Å². The standard InChI is InChI=1S/C12H18O3/c1-3-6-12(7-4-5-8-12)10(9(2)13)11(14)15/h3,10H,1,4-8H2,2H3,(H,14,15). The van der Waals surface area contributed by atoms with Crippen LogP contribution in [0, 0.1) is 11.3 Å². The van der Waals surface area contributed by atoms with E-state index >= 15 is 0 Å². The van der Waals surface area contributed by atoms with Crippen LogP contribution in [0.2, 0.25) is 0 Å². The molecule has 0 amide bonds. The van der Waals surface area contributed by atoms with Crippen LogP contribution in [0.15, 0.2) is 12.7 Å². The van der Waals surface area contributed by atoms with Crippen LogP contribution in [0.1, 0.15) is 39.0 Å². The van der Waals surface area contributed by atoms with Gasteiger partial charge in [0.25, 0.3) is 0 Å². The van der Waals surface area contributed by atoms with Crippen molar-refractivity contribution in [2.75, 3.05) is 0 Å². The van der Waals surface area contributed by atoms with Crippen molar-refractivity contribution < 1.29 is 14.7 Å². The number of carbonyl (C=O) groups is 2. The normalized spacial score (nSPS) is 20.9. The Morgan fingerprint density at radius 2 is 2.00 bits per heavy atom. The highest BCUT2D eigenvalue weighted by Crippen LogP contribution is 2.47. The average Bonchev–Trinajstić information content (AvgIpc) is 2.52. The average molecular weight is 210 g/mol. The van der Waals surface area contributed by atoms with Gasteiger partial charge in [0.2, 0.25) is 0 Å². The van der Waals surface area contributed by atoms with Gasteiger partial charge in [0.05, 0.1) is 0 Å². The Morgan fingerprint density at radius 1 is 1.47 bits per heavy atom. The van der Waals surface area contributed by atoms with E-state index in [1.165, 1.54) is 6.92 Å². The lowest BCUT2D eigenvalue weighted by molar-refractivity contribution is -0.151. The van der Waals surface area contributed by atoms with Crippen LogP contribution in [0.3, 0.4) is 0 Å². The lowest BCUT2D eigenvalue weighted by Crippen LogP contribution is -2.38. The molecule has 1 aliphatic carbocycles. The summed E-state index contributed by atoms with van der Waals surface area (Å²) in [6.45, 7) is 5.04. The molecule has 0 aromatic rings. The maximum absolute atomic E-state index is 11.4. The summed E-state index contributed by atoms with van der Waals surface area (Å²) in [4.78, 5) is 22.6. The van der Waals surface area contributed by atoms with Crippen LogP contribution in [0.4, 0.5) is 0 Å². The van der Waals surface area contributed by atoms with Crippen molar-refractivity contribution in [3.63, 3.8) is 0 Å². The number of rotatable bonds is 5. The van der Waals surface area contributed by atoms with Crippen LogP contribution in [-0.4, -0.2) is 16.9 Å². The van der Waals surface area contributed by atoms with Gasteiger partial charge in [-0.3, -0.25) is 9.59 Å². The fraction of sp³-hybridized carbons (Fsp3) is 0.667. The van der Waals surface area contributed by atoms with Gasteiger partial charge in [0.1, 0.15) is 11.7 Å². The molecule has 84 valence electrons. The van der Waals surface area contributed by atoms with E-state index in [0.717, 1.165) is 25.7 Å². The van der Waals surface area contributed by atoms with E-state index in [9.17, 15) is 9.59 Å². The third-order valence-corrected chi connectivity index (χ3v) is 3.42. The molecule has 3 nitrogen and oxygen atoms in total. The number of carboxylic acids is 1. The zero-order valence-electron chi connectivity index (χ0n) is 9.16. The van der Waals surface area contributed by atoms with Crippen LogP contribution >= 0.6 is 0 Å². The number of hydrogen-bond donors (Lipinski definition) is 1. The van der Waals surface area contributed by atoms with Crippen molar-refractivity contribution in [1.82, 2.24) is 0 Å². The third-order valence-electron chi connectivity index (χ3n) is 3.42. The van der Waals surface area contributed by atoms with Crippen LogP contribution in [0.5, 0.6) is 0 Å².